The van der Waals surface area contributed by atoms with Crippen molar-refractivity contribution in [1.29, 1.82) is 0 Å². The topological polar surface area (TPSA) is 75.0 Å². The molecule has 0 saturated carbocycles. The molecule has 0 spiro atoms. The van der Waals surface area contributed by atoms with Crippen LogP contribution >= 0.6 is 0 Å². The molecule has 3 aromatic rings. The van der Waals surface area contributed by atoms with Crippen molar-refractivity contribution in [2.75, 3.05) is 13.7 Å². The van der Waals surface area contributed by atoms with Crippen molar-refractivity contribution in [3.05, 3.63) is 70.1 Å². The van der Waals surface area contributed by atoms with E-state index in [1.54, 1.807) is 37.5 Å². The summed E-state index contributed by atoms with van der Waals surface area (Å²) < 4.78 is 21.4. The maximum atomic E-state index is 12.2. The Labute approximate surface area is 168 Å². The SMILES string of the molecule is CCCOc1ccc(/C=C/C(=O)Oc2ccc3c(C)cc(=O)oc3c2)cc1OC. The number of esters is 1. The highest BCUT2D eigenvalue weighted by atomic mass is 16.5. The van der Waals surface area contributed by atoms with Crippen LogP contribution in [0.5, 0.6) is 17.2 Å². The summed E-state index contributed by atoms with van der Waals surface area (Å²) >= 11 is 0. The van der Waals surface area contributed by atoms with E-state index in [0.29, 0.717) is 29.4 Å². The fourth-order valence-corrected chi connectivity index (χ4v) is 2.80. The van der Waals surface area contributed by atoms with Crippen LogP contribution in [0.15, 0.2) is 57.8 Å². The summed E-state index contributed by atoms with van der Waals surface area (Å²) in [5.41, 5.74) is 1.49. The molecule has 3 rings (SSSR count). The van der Waals surface area contributed by atoms with Crippen molar-refractivity contribution in [3.8, 4) is 17.2 Å². The largest absolute Gasteiger partial charge is 0.493 e. The van der Waals surface area contributed by atoms with Gasteiger partial charge in [0.15, 0.2) is 11.5 Å². The second-order valence-corrected chi connectivity index (χ2v) is 6.42. The zero-order chi connectivity index (χ0) is 20.8. The quantitative estimate of drug-likeness (QED) is 0.254. The van der Waals surface area contributed by atoms with E-state index in [2.05, 4.69) is 0 Å². The summed E-state index contributed by atoms with van der Waals surface area (Å²) in [5.74, 6) is 0.988. The van der Waals surface area contributed by atoms with E-state index < -0.39 is 11.6 Å². The van der Waals surface area contributed by atoms with Gasteiger partial charge in [-0.25, -0.2) is 9.59 Å². The van der Waals surface area contributed by atoms with Crippen molar-refractivity contribution in [1.82, 2.24) is 0 Å². The Hall–Kier alpha value is -3.54. The van der Waals surface area contributed by atoms with Gasteiger partial charge in [0.25, 0.3) is 0 Å². The number of fused-ring (bicyclic) bond motifs is 1. The van der Waals surface area contributed by atoms with Crippen LogP contribution in [0.2, 0.25) is 0 Å². The molecule has 2 aromatic carbocycles. The van der Waals surface area contributed by atoms with Gasteiger partial charge >= 0.3 is 11.6 Å². The minimum Gasteiger partial charge on any atom is -0.493 e. The molecule has 0 aliphatic carbocycles. The Balaban J connectivity index is 1.72. The first-order valence-electron chi connectivity index (χ1n) is 9.25. The predicted octanol–water partition coefficient (Wildman–Crippen LogP) is 4.52. The molecule has 0 fully saturated rings. The first-order valence-corrected chi connectivity index (χ1v) is 9.25. The van der Waals surface area contributed by atoms with Crippen LogP contribution in [0.1, 0.15) is 24.5 Å². The molecule has 0 aliphatic rings. The third-order valence-electron chi connectivity index (χ3n) is 4.20. The minimum absolute atomic E-state index is 0.293. The number of hydrogen-bond acceptors (Lipinski definition) is 6. The molecular formula is C23H22O6. The lowest BCUT2D eigenvalue weighted by molar-refractivity contribution is -0.128. The van der Waals surface area contributed by atoms with Gasteiger partial charge in [-0.15, -0.1) is 0 Å². The number of ether oxygens (including phenoxy) is 3. The van der Waals surface area contributed by atoms with E-state index in [9.17, 15) is 9.59 Å². The lowest BCUT2D eigenvalue weighted by atomic mass is 10.1. The highest BCUT2D eigenvalue weighted by molar-refractivity contribution is 5.89. The van der Waals surface area contributed by atoms with Gasteiger partial charge < -0.3 is 18.6 Å². The highest BCUT2D eigenvalue weighted by Crippen LogP contribution is 2.29. The molecule has 0 aliphatic heterocycles. The summed E-state index contributed by atoms with van der Waals surface area (Å²) in [5, 5.41) is 0.789. The van der Waals surface area contributed by atoms with E-state index in [1.807, 2.05) is 19.9 Å². The van der Waals surface area contributed by atoms with Crippen LogP contribution in [-0.4, -0.2) is 19.7 Å². The van der Waals surface area contributed by atoms with Gasteiger partial charge in [-0.05, 0) is 54.8 Å². The van der Waals surface area contributed by atoms with Crippen molar-refractivity contribution in [2.24, 2.45) is 0 Å². The standard InChI is InChI=1S/C23H22O6/c1-4-11-27-19-9-5-16(13-21(19)26-3)6-10-22(24)28-17-7-8-18-15(2)12-23(25)29-20(18)14-17/h5-10,12-14H,4,11H2,1-3H3/b10-6+. The Bertz CT molecular complexity index is 1110. The summed E-state index contributed by atoms with van der Waals surface area (Å²) in [6, 6.07) is 11.8. The van der Waals surface area contributed by atoms with E-state index >= 15 is 0 Å². The van der Waals surface area contributed by atoms with Gasteiger partial charge in [0.2, 0.25) is 0 Å². The zero-order valence-electron chi connectivity index (χ0n) is 16.6. The molecule has 0 bridgehead atoms. The average Bonchev–Trinajstić information content (AvgIpc) is 2.70. The van der Waals surface area contributed by atoms with Crippen LogP contribution in [0.25, 0.3) is 17.0 Å². The Morgan fingerprint density at radius 3 is 2.69 bits per heavy atom. The highest BCUT2D eigenvalue weighted by Gasteiger charge is 2.08. The Morgan fingerprint density at radius 2 is 1.93 bits per heavy atom. The Kier molecular flexibility index (Phi) is 6.34. The van der Waals surface area contributed by atoms with Gasteiger partial charge in [-0.3, -0.25) is 0 Å². The first-order chi connectivity index (χ1) is 14.0. The normalized spacial score (nSPS) is 11.0. The molecule has 6 heteroatoms. The van der Waals surface area contributed by atoms with E-state index in [-0.39, 0.29) is 0 Å². The number of rotatable bonds is 7. The lowest BCUT2D eigenvalue weighted by Gasteiger charge is -2.10. The third kappa shape index (κ3) is 5.04. The summed E-state index contributed by atoms with van der Waals surface area (Å²) in [6.07, 6.45) is 3.84. The van der Waals surface area contributed by atoms with E-state index in [4.69, 9.17) is 18.6 Å². The van der Waals surface area contributed by atoms with Gasteiger partial charge in [-0.1, -0.05) is 13.0 Å². The van der Waals surface area contributed by atoms with Crippen molar-refractivity contribution >= 4 is 23.0 Å². The molecule has 0 N–H and O–H groups in total. The molecule has 0 atom stereocenters. The zero-order valence-corrected chi connectivity index (χ0v) is 16.6. The fourth-order valence-electron chi connectivity index (χ4n) is 2.80. The van der Waals surface area contributed by atoms with Crippen LogP contribution in [-0.2, 0) is 4.79 Å². The van der Waals surface area contributed by atoms with Gasteiger partial charge in [0.05, 0.1) is 13.7 Å². The van der Waals surface area contributed by atoms with Crippen LogP contribution in [0, 0.1) is 6.92 Å². The van der Waals surface area contributed by atoms with Crippen LogP contribution < -0.4 is 19.8 Å². The first kappa shape index (κ1) is 20.2. The number of benzene rings is 2. The van der Waals surface area contributed by atoms with Gasteiger partial charge in [0, 0.05) is 23.6 Å². The smallest absolute Gasteiger partial charge is 0.336 e. The number of carbonyl (C=O) groups excluding carboxylic acids is 1. The molecule has 1 aromatic heterocycles. The summed E-state index contributed by atoms with van der Waals surface area (Å²) in [6.45, 7) is 4.45. The van der Waals surface area contributed by atoms with Crippen LogP contribution in [0.4, 0.5) is 0 Å². The average molecular weight is 394 g/mol. The number of aryl methyl sites for hydroxylation is 1. The van der Waals surface area contributed by atoms with E-state index in [1.165, 1.54) is 18.2 Å². The fraction of sp³-hybridized carbons (Fsp3) is 0.217. The summed E-state index contributed by atoms with van der Waals surface area (Å²) in [7, 11) is 1.57. The maximum Gasteiger partial charge on any atom is 0.336 e. The molecule has 0 saturated heterocycles. The minimum atomic E-state index is -0.551. The second kappa shape index (κ2) is 9.10. The van der Waals surface area contributed by atoms with Gasteiger partial charge in [0.1, 0.15) is 11.3 Å². The second-order valence-electron chi connectivity index (χ2n) is 6.42. The maximum absolute atomic E-state index is 12.2. The molecule has 150 valence electrons. The Morgan fingerprint density at radius 1 is 1.10 bits per heavy atom. The van der Waals surface area contributed by atoms with Crippen molar-refractivity contribution in [2.45, 2.75) is 20.3 Å². The lowest BCUT2D eigenvalue weighted by Crippen LogP contribution is -2.04. The monoisotopic (exact) mass is 394 g/mol. The third-order valence-corrected chi connectivity index (χ3v) is 4.20. The molecule has 0 radical (unpaired) electrons. The van der Waals surface area contributed by atoms with Crippen molar-refractivity contribution in [3.63, 3.8) is 0 Å². The number of methoxy groups -OCH3 is 1. The number of hydrogen-bond donors (Lipinski definition) is 0. The molecule has 0 unspecified atom stereocenters. The molecule has 1 heterocycles. The molecule has 6 nitrogen and oxygen atoms in total. The molecule has 0 amide bonds. The van der Waals surface area contributed by atoms with Gasteiger partial charge in [-0.2, -0.15) is 0 Å². The molecular weight excluding hydrogens is 372 g/mol. The van der Waals surface area contributed by atoms with E-state index in [0.717, 1.165) is 22.9 Å². The predicted molar refractivity (Wildman–Crippen MR) is 111 cm³/mol. The number of carbonyl (C=O) groups is 1. The molecule has 29 heavy (non-hydrogen) atoms. The van der Waals surface area contributed by atoms with Crippen LogP contribution in [0.3, 0.4) is 0 Å². The van der Waals surface area contributed by atoms with Crippen molar-refractivity contribution < 1.29 is 23.4 Å². The summed E-state index contributed by atoms with van der Waals surface area (Å²) in [4.78, 5) is 23.7.